The summed E-state index contributed by atoms with van der Waals surface area (Å²) in [6.07, 6.45) is 2.31. The summed E-state index contributed by atoms with van der Waals surface area (Å²) in [6.45, 7) is 2.89. The van der Waals surface area contributed by atoms with Crippen molar-refractivity contribution in [1.29, 1.82) is 0 Å². The number of halogens is 1. The summed E-state index contributed by atoms with van der Waals surface area (Å²) in [4.78, 5) is 32.0. The summed E-state index contributed by atoms with van der Waals surface area (Å²) < 4.78 is 40.2. The van der Waals surface area contributed by atoms with E-state index in [0.717, 1.165) is 17.8 Å². The van der Waals surface area contributed by atoms with E-state index in [9.17, 15) is 14.0 Å². The van der Waals surface area contributed by atoms with Crippen LogP contribution in [0.3, 0.4) is 0 Å². The van der Waals surface area contributed by atoms with Crippen molar-refractivity contribution in [2.24, 2.45) is 0 Å². The second kappa shape index (κ2) is 10.5. The predicted octanol–water partition coefficient (Wildman–Crippen LogP) is 2.43. The molecule has 180 valence electrons. The van der Waals surface area contributed by atoms with Crippen LogP contribution in [0.25, 0.3) is 5.65 Å². The fourth-order valence-electron chi connectivity index (χ4n) is 3.49. The minimum Gasteiger partial charge on any atom is -0.379 e. The molecule has 0 radical (unpaired) electrons. The van der Waals surface area contributed by atoms with Crippen LogP contribution in [0.15, 0.2) is 12.3 Å². The molecule has 15 heteroatoms. The molecule has 0 spiro atoms. The molecule has 0 aromatic carbocycles. The molecular weight excluding hydrogens is 486 g/mol. The topological polar surface area (TPSA) is 165 Å². The Morgan fingerprint density at radius 1 is 1.41 bits per heavy atom. The van der Waals surface area contributed by atoms with Crippen molar-refractivity contribution in [1.82, 2.24) is 14.6 Å². The van der Waals surface area contributed by atoms with Crippen LogP contribution >= 0.6 is 26.8 Å². The molecule has 32 heavy (non-hydrogen) atoms. The number of fused-ring (bicyclic) bond motifs is 1. The van der Waals surface area contributed by atoms with Gasteiger partial charge in [0.25, 0.3) is 0 Å². The van der Waals surface area contributed by atoms with Crippen LogP contribution in [-0.4, -0.2) is 74.3 Å². The molecule has 2 aromatic rings. The van der Waals surface area contributed by atoms with Crippen LogP contribution in [0.5, 0.6) is 0 Å². The van der Waals surface area contributed by atoms with Crippen molar-refractivity contribution >= 4 is 38.1 Å². The largest absolute Gasteiger partial charge is 0.379 e. The van der Waals surface area contributed by atoms with Gasteiger partial charge in [0, 0.05) is 25.7 Å². The van der Waals surface area contributed by atoms with Gasteiger partial charge in [-0.15, -0.1) is 0 Å². The van der Waals surface area contributed by atoms with Gasteiger partial charge in [0.05, 0.1) is 42.9 Å². The van der Waals surface area contributed by atoms with Crippen LogP contribution in [0.1, 0.15) is 31.4 Å². The number of hydrogen-bond donors (Lipinski definition) is 4. The Balaban J connectivity index is 1.71. The van der Waals surface area contributed by atoms with Gasteiger partial charge in [-0.3, -0.25) is 9.13 Å². The molecule has 1 aliphatic rings. The van der Waals surface area contributed by atoms with Crippen molar-refractivity contribution in [3.8, 4) is 0 Å². The molecule has 1 saturated heterocycles. The molecule has 4 N–H and O–H groups in total. The number of imidazole rings is 1. The van der Waals surface area contributed by atoms with Crippen molar-refractivity contribution in [2.75, 3.05) is 38.2 Å². The summed E-state index contributed by atoms with van der Waals surface area (Å²) >= 11 is 6.23. The lowest BCUT2D eigenvalue weighted by Gasteiger charge is -2.21. The zero-order valence-electron chi connectivity index (χ0n) is 17.6. The summed E-state index contributed by atoms with van der Waals surface area (Å²) in [5.41, 5.74) is 2.09. The fraction of sp³-hybridized carbons (Fsp3) is 0.647. The average molecular weight is 513 g/mol. The zero-order chi connectivity index (χ0) is 23.5. The second-order valence-electron chi connectivity index (χ2n) is 7.74. The molecule has 1 fully saturated rings. The molecule has 3 rings (SSSR count). The highest BCUT2D eigenvalue weighted by atomic mass is 35.5. The molecule has 0 amide bonds. The van der Waals surface area contributed by atoms with Crippen molar-refractivity contribution in [3.05, 3.63) is 23.1 Å². The highest BCUT2D eigenvalue weighted by molar-refractivity contribution is 7.70. The van der Waals surface area contributed by atoms with E-state index < -0.39 is 27.2 Å². The van der Waals surface area contributed by atoms with Crippen molar-refractivity contribution in [3.63, 3.8) is 0 Å². The number of methoxy groups -OCH3 is 1. The highest BCUT2D eigenvalue weighted by Gasteiger charge is 2.32. The monoisotopic (exact) mass is 512 g/mol. The van der Waals surface area contributed by atoms with Crippen LogP contribution in [0.2, 0.25) is 5.15 Å². The van der Waals surface area contributed by atoms with E-state index in [1.165, 1.54) is 7.11 Å². The highest BCUT2D eigenvalue weighted by Crippen LogP contribution is 2.55. The number of nitrogens with zero attached hydrogens (tertiary/aromatic N) is 3. The van der Waals surface area contributed by atoms with Gasteiger partial charge in [-0.1, -0.05) is 18.5 Å². The number of anilines is 1. The summed E-state index contributed by atoms with van der Waals surface area (Å²) in [5.74, 6) is -1.41. The summed E-state index contributed by atoms with van der Waals surface area (Å²) in [7, 11) is -7.74. The predicted molar refractivity (Wildman–Crippen MR) is 117 cm³/mol. The molecule has 4 atom stereocenters. The lowest BCUT2D eigenvalue weighted by molar-refractivity contribution is 0.0440. The molecule has 0 aliphatic carbocycles. The SMILES string of the molecule is CO[C@H](COP(=O)(O)CP(=O)(O)O)CC(C)c1cnc2c(NC3CCOC3)cc(Cl)nn12. The Hall–Kier alpha value is -1.07. The maximum atomic E-state index is 11.9. The molecular formula is C17H27ClN4O8P2. The smallest absolute Gasteiger partial charge is 0.340 e. The number of hydrogen-bond acceptors (Lipinski definition) is 8. The Kier molecular flexibility index (Phi) is 8.35. The van der Waals surface area contributed by atoms with Gasteiger partial charge in [0.1, 0.15) is 0 Å². The Bertz CT molecular complexity index is 1030. The number of nitrogens with one attached hydrogen (secondary N) is 1. The van der Waals surface area contributed by atoms with E-state index in [1.807, 2.05) is 6.92 Å². The molecule has 12 nitrogen and oxygen atoms in total. The molecule has 3 unspecified atom stereocenters. The summed E-state index contributed by atoms with van der Waals surface area (Å²) in [6, 6.07) is 1.87. The zero-order valence-corrected chi connectivity index (χ0v) is 20.2. The van der Waals surface area contributed by atoms with Gasteiger partial charge in [0.15, 0.2) is 16.7 Å². The Labute approximate surface area is 189 Å². The normalized spacial score (nSPS) is 20.9. The van der Waals surface area contributed by atoms with Crippen LogP contribution < -0.4 is 5.32 Å². The minimum absolute atomic E-state index is 0.159. The quantitative estimate of drug-likeness (QED) is 0.327. The molecule has 2 aromatic heterocycles. The maximum absolute atomic E-state index is 11.9. The third kappa shape index (κ3) is 6.96. The van der Waals surface area contributed by atoms with Gasteiger partial charge in [-0.05, 0) is 12.8 Å². The van der Waals surface area contributed by atoms with E-state index in [4.69, 9.17) is 35.4 Å². The first-order valence-electron chi connectivity index (χ1n) is 9.89. The van der Waals surface area contributed by atoms with Gasteiger partial charge in [0.2, 0.25) is 0 Å². The first kappa shape index (κ1) is 25.6. The van der Waals surface area contributed by atoms with Gasteiger partial charge in [-0.25, -0.2) is 9.50 Å². The molecule has 3 heterocycles. The maximum Gasteiger partial charge on any atom is 0.340 e. The van der Waals surface area contributed by atoms with Crippen LogP contribution in [-0.2, 0) is 23.1 Å². The van der Waals surface area contributed by atoms with Crippen molar-refractivity contribution in [2.45, 2.75) is 37.8 Å². The van der Waals surface area contributed by atoms with E-state index in [0.29, 0.717) is 25.3 Å². The van der Waals surface area contributed by atoms with E-state index >= 15 is 0 Å². The standard InChI is InChI=1S/C17H27ClN4O8P2/c1-11(5-13(28-2)9-30-32(26,27)10-31(23,24)25)15-7-19-17-14(6-16(18)21-22(15)17)20-12-3-4-29-8-12/h6-7,11-13,20H,3-5,8-10H2,1-2H3,(H,26,27)(H2,23,24,25)/t11?,12?,13-/m0/s1. The fourth-order valence-corrected chi connectivity index (χ4v) is 6.26. The van der Waals surface area contributed by atoms with Crippen LogP contribution in [0.4, 0.5) is 5.69 Å². The van der Waals surface area contributed by atoms with Crippen LogP contribution in [0, 0.1) is 0 Å². The first-order valence-corrected chi connectivity index (χ1v) is 13.8. The van der Waals surface area contributed by atoms with Crippen molar-refractivity contribution < 1.29 is 37.8 Å². The number of rotatable bonds is 11. The minimum atomic E-state index is -4.70. The van der Waals surface area contributed by atoms with Gasteiger partial charge < -0.3 is 34.0 Å². The van der Waals surface area contributed by atoms with E-state index in [1.54, 1.807) is 16.8 Å². The molecule has 1 aliphatic heterocycles. The third-order valence-electron chi connectivity index (χ3n) is 5.03. The third-order valence-corrected chi connectivity index (χ3v) is 8.67. The first-order chi connectivity index (χ1) is 15.0. The molecule has 0 saturated carbocycles. The second-order valence-corrected chi connectivity index (χ2v) is 12.1. The molecule has 0 bridgehead atoms. The lowest BCUT2D eigenvalue weighted by Crippen LogP contribution is -2.21. The Morgan fingerprint density at radius 3 is 2.78 bits per heavy atom. The number of ether oxygens (including phenoxy) is 2. The van der Waals surface area contributed by atoms with Gasteiger partial charge in [-0.2, -0.15) is 5.10 Å². The van der Waals surface area contributed by atoms with E-state index in [-0.39, 0.29) is 23.7 Å². The average Bonchev–Trinajstić information content (AvgIpc) is 3.32. The number of aromatic nitrogens is 3. The Morgan fingerprint density at radius 2 is 2.16 bits per heavy atom. The van der Waals surface area contributed by atoms with E-state index in [2.05, 4.69) is 15.4 Å². The lowest BCUT2D eigenvalue weighted by atomic mass is 10.0. The van der Waals surface area contributed by atoms with Gasteiger partial charge >= 0.3 is 15.2 Å². The summed E-state index contributed by atoms with van der Waals surface area (Å²) in [5, 5.41) is 8.03.